The van der Waals surface area contributed by atoms with E-state index in [2.05, 4.69) is 67.9 Å². The normalized spacial score (nSPS) is 16.9. The van der Waals surface area contributed by atoms with Crippen LogP contribution in [0.2, 0.25) is 25.7 Å². The van der Waals surface area contributed by atoms with Gasteiger partial charge in [-0.05, 0) is 54.8 Å². The summed E-state index contributed by atoms with van der Waals surface area (Å²) in [5.74, 6) is 0.796. The number of ether oxygens (including phenoxy) is 2. The van der Waals surface area contributed by atoms with E-state index in [1.54, 1.807) is 29.6 Å². The number of rotatable bonds is 12. The molecule has 2 saturated heterocycles. The summed E-state index contributed by atoms with van der Waals surface area (Å²) >= 11 is 0. The molecule has 0 unspecified atom stereocenters. The predicted molar refractivity (Wildman–Crippen MR) is 192 cm³/mol. The molecule has 3 N–H and O–H groups in total. The van der Waals surface area contributed by atoms with Gasteiger partial charge in [-0.25, -0.2) is 14.8 Å². The molecule has 1 aromatic carbocycles. The molecule has 0 radical (unpaired) electrons. The SMILES string of the molecule is C[Si](C)(C)CCOCn1c(-c2ccc(NCc3cc(C(=O)N4CCC[C@@H](NC(=O)O)C4)ccn3)cc2)cc2c(N3CCOCC3)ncnc21. The molecule has 260 valence electrons. The molecular formula is C35H46N8O5Si. The maximum absolute atomic E-state index is 13.2. The number of morpholine rings is 1. The van der Waals surface area contributed by atoms with Crippen LogP contribution in [-0.4, -0.2) is 102 Å². The number of likely N-dealkylation sites (tertiary alicyclic amines) is 1. The van der Waals surface area contributed by atoms with E-state index in [0.29, 0.717) is 51.7 Å². The number of hydrogen-bond donors (Lipinski definition) is 3. The highest BCUT2D eigenvalue weighted by Crippen LogP contribution is 2.33. The zero-order chi connectivity index (χ0) is 34.4. The third kappa shape index (κ3) is 8.74. The van der Waals surface area contributed by atoms with Crippen molar-refractivity contribution in [1.82, 2.24) is 29.7 Å². The minimum atomic E-state index is -1.23. The van der Waals surface area contributed by atoms with Crippen LogP contribution < -0.4 is 15.5 Å². The average molecular weight is 687 g/mol. The number of amides is 2. The van der Waals surface area contributed by atoms with Crippen molar-refractivity contribution in [2.45, 2.75) is 57.8 Å². The fraction of sp³-hybridized carbons (Fsp3) is 0.457. The Kier molecular flexibility index (Phi) is 10.8. The molecule has 0 bridgehead atoms. The summed E-state index contributed by atoms with van der Waals surface area (Å²) in [5.41, 5.74) is 5.09. The van der Waals surface area contributed by atoms with Crippen molar-refractivity contribution in [3.63, 3.8) is 0 Å². The Morgan fingerprint density at radius 1 is 1.04 bits per heavy atom. The molecule has 0 aliphatic carbocycles. The van der Waals surface area contributed by atoms with Gasteiger partial charge in [0.2, 0.25) is 0 Å². The summed E-state index contributed by atoms with van der Waals surface area (Å²) in [6.45, 7) is 12.5. The molecule has 13 nitrogen and oxygen atoms in total. The molecule has 0 saturated carbocycles. The van der Waals surface area contributed by atoms with E-state index >= 15 is 0 Å². The van der Waals surface area contributed by atoms with Crippen LogP contribution in [0.15, 0.2) is 55.0 Å². The quantitative estimate of drug-likeness (QED) is 0.135. The van der Waals surface area contributed by atoms with Crippen LogP contribution in [0.25, 0.3) is 22.3 Å². The number of benzene rings is 1. The van der Waals surface area contributed by atoms with Crippen LogP contribution in [0.5, 0.6) is 0 Å². The van der Waals surface area contributed by atoms with Crippen molar-refractivity contribution in [1.29, 1.82) is 0 Å². The Labute approximate surface area is 287 Å². The summed E-state index contributed by atoms with van der Waals surface area (Å²) < 4.78 is 14.0. The number of pyridine rings is 1. The fourth-order valence-electron chi connectivity index (χ4n) is 6.28. The van der Waals surface area contributed by atoms with Gasteiger partial charge in [-0.15, -0.1) is 0 Å². The van der Waals surface area contributed by atoms with E-state index in [1.807, 2.05) is 12.1 Å². The second-order valence-corrected chi connectivity index (χ2v) is 19.5. The van der Waals surface area contributed by atoms with E-state index in [0.717, 1.165) is 71.5 Å². The van der Waals surface area contributed by atoms with Crippen LogP contribution in [0, 0.1) is 0 Å². The number of carbonyl (C=O) groups is 2. The van der Waals surface area contributed by atoms with Crippen molar-refractivity contribution >= 4 is 42.6 Å². The lowest BCUT2D eigenvalue weighted by Crippen LogP contribution is -2.49. The number of nitrogens with zero attached hydrogens (tertiary/aromatic N) is 6. The zero-order valence-corrected chi connectivity index (χ0v) is 29.5. The van der Waals surface area contributed by atoms with E-state index in [4.69, 9.17) is 19.6 Å². The second-order valence-electron chi connectivity index (χ2n) is 13.8. The second kappa shape index (κ2) is 15.3. The lowest BCUT2D eigenvalue weighted by atomic mass is 10.0. The van der Waals surface area contributed by atoms with Crippen molar-refractivity contribution in [2.75, 3.05) is 56.2 Å². The van der Waals surface area contributed by atoms with Gasteiger partial charge in [-0.3, -0.25) is 9.78 Å². The number of fused-ring (bicyclic) bond motifs is 1. The van der Waals surface area contributed by atoms with Gasteiger partial charge in [0.25, 0.3) is 5.91 Å². The first-order valence-corrected chi connectivity index (χ1v) is 20.7. The Morgan fingerprint density at radius 3 is 2.59 bits per heavy atom. The molecule has 3 aromatic heterocycles. The van der Waals surface area contributed by atoms with E-state index in [-0.39, 0.29) is 11.9 Å². The van der Waals surface area contributed by atoms with Crippen LogP contribution in [0.1, 0.15) is 28.9 Å². The van der Waals surface area contributed by atoms with Crippen molar-refractivity contribution < 1.29 is 24.2 Å². The summed E-state index contributed by atoms with van der Waals surface area (Å²) in [6, 6.07) is 14.7. The summed E-state index contributed by atoms with van der Waals surface area (Å²) in [6.07, 6.45) is 3.68. The number of hydrogen-bond acceptors (Lipinski definition) is 9. The van der Waals surface area contributed by atoms with Crippen LogP contribution in [-0.2, 0) is 22.7 Å². The third-order valence-electron chi connectivity index (χ3n) is 8.95. The molecule has 2 aliphatic rings. The first-order valence-electron chi connectivity index (χ1n) is 17.0. The monoisotopic (exact) mass is 686 g/mol. The van der Waals surface area contributed by atoms with Crippen LogP contribution in [0.3, 0.4) is 0 Å². The van der Waals surface area contributed by atoms with Crippen LogP contribution in [0.4, 0.5) is 16.3 Å². The average Bonchev–Trinajstić information content (AvgIpc) is 3.47. The number of carbonyl (C=O) groups excluding carboxylic acids is 1. The standard InChI is InChI=1S/C35H46N8O5Si/c1-49(2,3)18-17-48-24-43-31(20-30-32(38-23-39-33(30)43)41-13-15-47-16-14-41)25-6-8-27(9-7-25)37-21-29-19-26(10-11-36-29)34(44)42-12-4-5-28(22-42)40-35(45)46/h6-11,19-20,23,28,37,40H,4-5,12-18,21-22,24H2,1-3H3,(H,45,46)/t28-/m1/s1. The number of nitrogens with one attached hydrogen (secondary N) is 2. The summed E-state index contributed by atoms with van der Waals surface area (Å²) in [5, 5.41) is 16.0. The Bertz CT molecular complexity index is 1750. The summed E-state index contributed by atoms with van der Waals surface area (Å²) in [7, 11) is -1.23. The Balaban J connectivity index is 1.16. The van der Waals surface area contributed by atoms with Gasteiger partial charge >= 0.3 is 6.09 Å². The van der Waals surface area contributed by atoms with Gasteiger partial charge in [-0.1, -0.05) is 31.8 Å². The minimum absolute atomic E-state index is 0.119. The zero-order valence-electron chi connectivity index (χ0n) is 28.5. The van der Waals surface area contributed by atoms with Crippen LogP contribution >= 0.6 is 0 Å². The smallest absolute Gasteiger partial charge is 0.404 e. The van der Waals surface area contributed by atoms with Gasteiger partial charge in [0.1, 0.15) is 24.5 Å². The number of piperidine rings is 1. The molecule has 6 rings (SSSR count). The minimum Gasteiger partial charge on any atom is -0.465 e. The maximum Gasteiger partial charge on any atom is 0.404 e. The van der Waals surface area contributed by atoms with E-state index in [9.17, 15) is 9.59 Å². The van der Waals surface area contributed by atoms with Gasteiger partial charge in [0.15, 0.2) is 0 Å². The third-order valence-corrected chi connectivity index (χ3v) is 10.7. The molecule has 49 heavy (non-hydrogen) atoms. The Morgan fingerprint density at radius 2 is 1.84 bits per heavy atom. The Hall–Kier alpha value is -4.53. The van der Waals surface area contributed by atoms with Gasteiger partial charge in [0.05, 0.1) is 36.5 Å². The molecule has 4 aromatic rings. The molecular weight excluding hydrogens is 641 g/mol. The van der Waals surface area contributed by atoms with Crippen molar-refractivity contribution in [3.05, 3.63) is 66.2 Å². The first kappa shape index (κ1) is 34.3. The van der Waals surface area contributed by atoms with Crippen molar-refractivity contribution in [3.8, 4) is 11.3 Å². The molecule has 14 heteroatoms. The summed E-state index contributed by atoms with van der Waals surface area (Å²) in [4.78, 5) is 42.2. The largest absolute Gasteiger partial charge is 0.465 e. The highest BCUT2D eigenvalue weighted by Gasteiger charge is 2.26. The lowest BCUT2D eigenvalue weighted by molar-refractivity contribution is 0.0692. The highest BCUT2D eigenvalue weighted by molar-refractivity contribution is 6.76. The molecule has 2 amide bonds. The number of anilines is 2. The van der Waals surface area contributed by atoms with E-state index < -0.39 is 14.2 Å². The molecule has 0 spiro atoms. The molecule has 2 aliphatic heterocycles. The lowest BCUT2D eigenvalue weighted by Gasteiger charge is -2.32. The highest BCUT2D eigenvalue weighted by atomic mass is 28.3. The molecule has 2 fully saturated rings. The van der Waals surface area contributed by atoms with Gasteiger partial charge < -0.3 is 39.6 Å². The van der Waals surface area contributed by atoms with Crippen molar-refractivity contribution in [2.24, 2.45) is 0 Å². The first-order chi connectivity index (χ1) is 23.6. The van der Waals surface area contributed by atoms with Gasteiger partial charge in [0, 0.05) is 64.3 Å². The topological polar surface area (TPSA) is 147 Å². The van der Waals surface area contributed by atoms with Gasteiger partial charge in [-0.2, -0.15) is 0 Å². The molecule has 5 heterocycles. The number of carboxylic acid groups (broad SMARTS) is 1. The van der Waals surface area contributed by atoms with E-state index in [1.165, 1.54) is 0 Å². The number of aromatic nitrogens is 4. The molecule has 1 atom stereocenters. The predicted octanol–water partition coefficient (Wildman–Crippen LogP) is 5.13. The maximum atomic E-state index is 13.2. The fourth-order valence-corrected chi connectivity index (χ4v) is 7.03.